The van der Waals surface area contributed by atoms with Gasteiger partial charge in [0.15, 0.2) is 20.5 Å². The molecule has 1 aliphatic rings. The lowest BCUT2D eigenvalue weighted by Crippen LogP contribution is -2.12. The summed E-state index contributed by atoms with van der Waals surface area (Å²) in [6.45, 7) is 1.89. The Labute approximate surface area is 202 Å². The van der Waals surface area contributed by atoms with Gasteiger partial charge in [-0.3, -0.25) is 9.82 Å². The second-order valence-electron chi connectivity index (χ2n) is 8.46. The summed E-state index contributed by atoms with van der Waals surface area (Å²) < 4.78 is 52.1. The number of nitrogens with zero attached hydrogens (tertiary/aromatic N) is 3. The smallest absolute Gasteiger partial charge is 0.261 e. The third-order valence-corrected chi connectivity index (χ3v) is 7.78. The summed E-state index contributed by atoms with van der Waals surface area (Å²) in [5, 5.41) is 13.1. The molecule has 4 N–H and O–H groups in total. The molecule has 0 saturated heterocycles. The van der Waals surface area contributed by atoms with E-state index in [1.807, 2.05) is 6.92 Å². The standard InChI is InChI=1S/C22H23N7O4S2/c1-13-3-11-17(12-4-13)35(32,33)29-16-9-7-15(8-10-16)24-22-25-19(23-14-5-6-14)18-20(26-22)27-28-21(18)34(2,30)31/h3-4,7-12,14,29H,5-6H2,1-2H3,(H3,23,24,25,26,27,28). The first-order valence-corrected chi connectivity index (χ1v) is 14.2. The molecule has 13 heteroatoms. The van der Waals surface area contributed by atoms with Crippen LogP contribution in [0, 0.1) is 6.92 Å². The number of fused-ring (bicyclic) bond motifs is 1. The fourth-order valence-electron chi connectivity index (χ4n) is 3.44. The highest BCUT2D eigenvalue weighted by Crippen LogP contribution is 2.32. The fourth-order valence-corrected chi connectivity index (χ4v) is 5.27. The highest BCUT2D eigenvalue weighted by atomic mass is 32.2. The maximum Gasteiger partial charge on any atom is 0.261 e. The predicted molar refractivity (Wildman–Crippen MR) is 133 cm³/mol. The molecule has 2 aromatic heterocycles. The zero-order valence-electron chi connectivity index (χ0n) is 18.9. The molecule has 1 saturated carbocycles. The van der Waals surface area contributed by atoms with Gasteiger partial charge in [-0.1, -0.05) is 17.7 Å². The van der Waals surface area contributed by atoms with Crippen LogP contribution >= 0.6 is 0 Å². The van der Waals surface area contributed by atoms with E-state index in [0.29, 0.717) is 22.6 Å². The number of rotatable bonds is 8. The number of benzene rings is 2. The van der Waals surface area contributed by atoms with Gasteiger partial charge in [-0.15, -0.1) is 0 Å². The molecule has 11 nitrogen and oxygen atoms in total. The third kappa shape index (κ3) is 5.05. The summed E-state index contributed by atoms with van der Waals surface area (Å²) in [6.07, 6.45) is 3.03. The number of anilines is 4. The highest BCUT2D eigenvalue weighted by Gasteiger charge is 2.27. The van der Waals surface area contributed by atoms with Crippen molar-refractivity contribution in [1.29, 1.82) is 0 Å². The molecule has 0 aliphatic heterocycles. The lowest BCUT2D eigenvalue weighted by molar-refractivity contribution is 0.598. The van der Waals surface area contributed by atoms with E-state index in [-0.39, 0.29) is 27.6 Å². The van der Waals surface area contributed by atoms with Crippen LogP contribution in [0.1, 0.15) is 18.4 Å². The maximum atomic E-state index is 12.6. The lowest BCUT2D eigenvalue weighted by Gasteiger charge is -2.11. The lowest BCUT2D eigenvalue weighted by atomic mass is 10.2. The van der Waals surface area contributed by atoms with Gasteiger partial charge in [0.1, 0.15) is 11.2 Å². The van der Waals surface area contributed by atoms with Gasteiger partial charge >= 0.3 is 0 Å². The monoisotopic (exact) mass is 513 g/mol. The van der Waals surface area contributed by atoms with Gasteiger partial charge in [0.2, 0.25) is 5.95 Å². The van der Waals surface area contributed by atoms with Gasteiger partial charge in [0.25, 0.3) is 10.0 Å². The molecule has 5 rings (SSSR count). The van der Waals surface area contributed by atoms with Crippen molar-refractivity contribution in [3.63, 3.8) is 0 Å². The number of nitrogens with one attached hydrogen (secondary N) is 4. The molecule has 2 aromatic carbocycles. The summed E-state index contributed by atoms with van der Waals surface area (Å²) in [6, 6.07) is 13.4. The first kappa shape index (κ1) is 23.1. The molecule has 35 heavy (non-hydrogen) atoms. The predicted octanol–water partition coefficient (Wildman–Crippen LogP) is 3.18. The molecule has 4 aromatic rings. The van der Waals surface area contributed by atoms with Gasteiger partial charge in [-0.2, -0.15) is 15.1 Å². The zero-order valence-corrected chi connectivity index (χ0v) is 20.5. The quantitative estimate of drug-likeness (QED) is 0.277. The van der Waals surface area contributed by atoms with Crippen LogP contribution in [0.5, 0.6) is 0 Å². The van der Waals surface area contributed by atoms with E-state index in [0.717, 1.165) is 24.7 Å². The average Bonchev–Trinajstić information content (AvgIpc) is 3.49. The van der Waals surface area contributed by atoms with Gasteiger partial charge in [0.05, 0.1) is 4.90 Å². The van der Waals surface area contributed by atoms with Crippen LogP contribution in [0.2, 0.25) is 0 Å². The van der Waals surface area contributed by atoms with Gasteiger partial charge in [-0.05, 0) is 56.2 Å². The number of aromatic nitrogens is 4. The summed E-state index contributed by atoms with van der Waals surface area (Å²) in [5.41, 5.74) is 2.27. The van der Waals surface area contributed by atoms with Gasteiger partial charge in [0, 0.05) is 23.7 Å². The van der Waals surface area contributed by atoms with Crippen LogP contribution in [-0.2, 0) is 19.9 Å². The molecule has 1 aliphatic carbocycles. The summed E-state index contributed by atoms with van der Waals surface area (Å²) in [4.78, 5) is 9.02. The van der Waals surface area contributed by atoms with Crippen LogP contribution in [0.3, 0.4) is 0 Å². The van der Waals surface area contributed by atoms with E-state index in [4.69, 9.17) is 0 Å². The van der Waals surface area contributed by atoms with Crippen molar-refractivity contribution in [3.05, 3.63) is 54.1 Å². The van der Waals surface area contributed by atoms with Crippen LogP contribution in [-0.4, -0.2) is 49.3 Å². The minimum Gasteiger partial charge on any atom is -0.367 e. The van der Waals surface area contributed by atoms with E-state index in [1.165, 1.54) is 0 Å². The van der Waals surface area contributed by atoms with E-state index in [9.17, 15) is 16.8 Å². The summed E-state index contributed by atoms with van der Waals surface area (Å²) in [5.74, 6) is 0.619. The summed E-state index contributed by atoms with van der Waals surface area (Å²) in [7, 11) is -7.29. The number of aryl methyl sites for hydroxylation is 1. The van der Waals surface area contributed by atoms with E-state index in [2.05, 4.69) is 35.5 Å². The van der Waals surface area contributed by atoms with Gasteiger partial charge in [-0.25, -0.2) is 16.8 Å². The van der Waals surface area contributed by atoms with Crippen molar-refractivity contribution >= 4 is 54.0 Å². The Morgan fingerprint density at radius 1 is 0.914 bits per heavy atom. The Morgan fingerprint density at radius 3 is 2.20 bits per heavy atom. The number of H-pyrrole nitrogens is 1. The minimum absolute atomic E-state index is 0.104. The molecule has 1 fully saturated rings. The molecular weight excluding hydrogens is 490 g/mol. The van der Waals surface area contributed by atoms with Crippen molar-refractivity contribution in [1.82, 2.24) is 20.2 Å². The minimum atomic E-state index is -3.71. The Morgan fingerprint density at radius 2 is 1.57 bits per heavy atom. The van der Waals surface area contributed by atoms with Crippen LogP contribution in [0.4, 0.5) is 23.1 Å². The number of sulfone groups is 1. The Hall–Kier alpha value is -3.71. The fraction of sp³-hybridized carbons (Fsp3) is 0.227. The summed E-state index contributed by atoms with van der Waals surface area (Å²) >= 11 is 0. The number of aromatic amines is 1. The van der Waals surface area contributed by atoms with Crippen molar-refractivity contribution < 1.29 is 16.8 Å². The third-order valence-electron chi connectivity index (χ3n) is 5.38. The van der Waals surface area contributed by atoms with Crippen molar-refractivity contribution in [2.45, 2.75) is 35.7 Å². The van der Waals surface area contributed by atoms with Gasteiger partial charge < -0.3 is 10.6 Å². The SMILES string of the molecule is Cc1ccc(S(=O)(=O)Nc2ccc(Nc3nc(NC4CC4)c4c(S(C)(=O)=O)n[nH]c4n3)cc2)cc1. The number of sulfonamides is 1. The average molecular weight is 514 g/mol. The topological polar surface area (TPSA) is 159 Å². The maximum absolute atomic E-state index is 12.6. The molecule has 182 valence electrons. The molecule has 0 unspecified atom stereocenters. The molecular formula is C22H23N7O4S2. The Kier molecular flexibility index (Phi) is 5.60. The first-order chi connectivity index (χ1) is 16.6. The Balaban J connectivity index is 1.39. The molecule has 0 amide bonds. The number of hydrogen-bond acceptors (Lipinski definition) is 9. The first-order valence-electron chi connectivity index (χ1n) is 10.8. The highest BCUT2D eigenvalue weighted by molar-refractivity contribution is 7.92. The van der Waals surface area contributed by atoms with Crippen LogP contribution < -0.4 is 15.4 Å². The van der Waals surface area contributed by atoms with Crippen molar-refractivity contribution in [3.8, 4) is 0 Å². The Bertz CT molecular complexity index is 1610. The zero-order chi connectivity index (χ0) is 24.8. The van der Waals surface area contributed by atoms with E-state index < -0.39 is 19.9 Å². The van der Waals surface area contributed by atoms with Crippen molar-refractivity contribution in [2.75, 3.05) is 21.6 Å². The molecule has 0 radical (unpaired) electrons. The number of hydrogen-bond donors (Lipinski definition) is 4. The van der Waals surface area contributed by atoms with Crippen molar-refractivity contribution in [2.24, 2.45) is 0 Å². The van der Waals surface area contributed by atoms with Crippen LogP contribution in [0.25, 0.3) is 11.0 Å². The normalized spacial score (nSPS) is 14.1. The second kappa shape index (κ2) is 8.50. The molecule has 0 atom stereocenters. The molecule has 2 heterocycles. The van der Waals surface area contributed by atoms with E-state index in [1.54, 1.807) is 48.5 Å². The molecule has 0 bridgehead atoms. The van der Waals surface area contributed by atoms with Crippen LogP contribution in [0.15, 0.2) is 58.5 Å². The largest absolute Gasteiger partial charge is 0.367 e. The van der Waals surface area contributed by atoms with E-state index >= 15 is 0 Å². The second-order valence-corrected chi connectivity index (χ2v) is 12.1. The molecule has 0 spiro atoms.